The van der Waals surface area contributed by atoms with Crippen LogP contribution in [0, 0.1) is 11.7 Å². The Balaban J connectivity index is 2.29. The van der Waals surface area contributed by atoms with E-state index in [9.17, 15) is 4.39 Å². The Morgan fingerprint density at radius 2 is 1.89 bits per heavy atom. The molecular formula is C14H20FNO2. The standard InChI is InChI=1S/C14H20FNO2/c1-16-12(6-9-4-5-9)10-7-13(17-2)14(18-3)8-11(10)15/h7-9,12,16H,4-6H2,1-3H3. The van der Waals surface area contributed by atoms with Crippen LogP contribution in [-0.4, -0.2) is 21.3 Å². The van der Waals surface area contributed by atoms with Gasteiger partial charge in [0.1, 0.15) is 5.82 Å². The van der Waals surface area contributed by atoms with E-state index in [1.165, 1.54) is 26.0 Å². The highest BCUT2D eigenvalue weighted by molar-refractivity contribution is 5.44. The van der Waals surface area contributed by atoms with E-state index >= 15 is 0 Å². The Morgan fingerprint density at radius 1 is 1.28 bits per heavy atom. The molecule has 0 aromatic heterocycles. The van der Waals surface area contributed by atoms with Gasteiger partial charge < -0.3 is 14.8 Å². The van der Waals surface area contributed by atoms with Crippen molar-refractivity contribution in [1.29, 1.82) is 0 Å². The summed E-state index contributed by atoms with van der Waals surface area (Å²) in [5, 5.41) is 3.18. The molecule has 0 radical (unpaired) electrons. The average Bonchev–Trinajstić information content (AvgIpc) is 3.19. The van der Waals surface area contributed by atoms with Crippen molar-refractivity contribution in [3.05, 3.63) is 23.5 Å². The van der Waals surface area contributed by atoms with Crippen LogP contribution in [0.15, 0.2) is 12.1 Å². The minimum atomic E-state index is -0.243. The monoisotopic (exact) mass is 253 g/mol. The van der Waals surface area contributed by atoms with E-state index < -0.39 is 0 Å². The Hall–Kier alpha value is -1.29. The smallest absolute Gasteiger partial charge is 0.163 e. The summed E-state index contributed by atoms with van der Waals surface area (Å²) in [5.41, 5.74) is 0.655. The van der Waals surface area contributed by atoms with Crippen molar-refractivity contribution in [2.24, 2.45) is 5.92 Å². The van der Waals surface area contributed by atoms with Crippen LogP contribution in [0.2, 0.25) is 0 Å². The largest absolute Gasteiger partial charge is 0.493 e. The summed E-state index contributed by atoms with van der Waals surface area (Å²) in [6.07, 6.45) is 3.49. The molecule has 2 rings (SSSR count). The third-order valence-electron chi connectivity index (χ3n) is 3.49. The number of hydrogen-bond donors (Lipinski definition) is 1. The second-order valence-electron chi connectivity index (χ2n) is 4.75. The molecule has 0 saturated heterocycles. The van der Waals surface area contributed by atoms with Crippen LogP contribution in [0.5, 0.6) is 11.5 Å². The minimum Gasteiger partial charge on any atom is -0.493 e. The van der Waals surface area contributed by atoms with Gasteiger partial charge in [-0.3, -0.25) is 0 Å². The SMILES string of the molecule is CNC(CC1CC1)c1cc(OC)c(OC)cc1F. The summed E-state index contributed by atoms with van der Waals surface area (Å²) in [7, 11) is 4.94. The maximum atomic E-state index is 14.1. The molecule has 100 valence electrons. The number of halogens is 1. The molecule has 3 nitrogen and oxygen atoms in total. The summed E-state index contributed by atoms with van der Waals surface area (Å²) in [5.74, 6) is 1.49. The molecule has 1 N–H and O–H groups in total. The summed E-state index contributed by atoms with van der Waals surface area (Å²) < 4.78 is 24.4. The Kier molecular flexibility index (Phi) is 4.07. The maximum Gasteiger partial charge on any atom is 0.163 e. The molecule has 1 aliphatic carbocycles. The van der Waals surface area contributed by atoms with Gasteiger partial charge in [-0.15, -0.1) is 0 Å². The van der Waals surface area contributed by atoms with Gasteiger partial charge in [0, 0.05) is 17.7 Å². The van der Waals surface area contributed by atoms with Crippen LogP contribution in [0.25, 0.3) is 0 Å². The first-order valence-electron chi connectivity index (χ1n) is 6.28. The van der Waals surface area contributed by atoms with Crippen molar-refractivity contribution in [2.75, 3.05) is 21.3 Å². The topological polar surface area (TPSA) is 30.5 Å². The number of methoxy groups -OCH3 is 2. The average molecular weight is 253 g/mol. The van der Waals surface area contributed by atoms with Crippen molar-refractivity contribution in [3.63, 3.8) is 0 Å². The van der Waals surface area contributed by atoms with Gasteiger partial charge in [-0.2, -0.15) is 0 Å². The number of hydrogen-bond acceptors (Lipinski definition) is 3. The fourth-order valence-electron chi connectivity index (χ4n) is 2.22. The molecule has 0 amide bonds. The highest BCUT2D eigenvalue weighted by Gasteiger charge is 2.27. The van der Waals surface area contributed by atoms with Crippen LogP contribution in [0.1, 0.15) is 30.9 Å². The van der Waals surface area contributed by atoms with Crippen LogP contribution >= 0.6 is 0 Å². The zero-order valence-electron chi connectivity index (χ0n) is 11.1. The predicted octanol–water partition coefficient (Wildman–Crippen LogP) is 2.90. The molecule has 1 saturated carbocycles. The highest BCUT2D eigenvalue weighted by atomic mass is 19.1. The molecule has 1 aromatic rings. The zero-order valence-corrected chi connectivity index (χ0v) is 11.1. The van der Waals surface area contributed by atoms with E-state index in [1.54, 1.807) is 13.2 Å². The van der Waals surface area contributed by atoms with E-state index in [-0.39, 0.29) is 11.9 Å². The lowest BCUT2D eigenvalue weighted by molar-refractivity contribution is 0.349. The van der Waals surface area contributed by atoms with Crippen LogP contribution in [-0.2, 0) is 0 Å². The molecule has 0 spiro atoms. The van der Waals surface area contributed by atoms with Gasteiger partial charge in [-0.25, -0.2) is 4.39 Å². The molecule has 18 heavy (non-hydrogen) atoms. The molecule has 1 atom stereocenters. The lowest BCUT2D eigenvalue weighted by Crippen LogP contribution is -2.18. The molecular weight excluding hydrogens is 233 g/mol. The molecule has 1 fully saturated rings. The molecule has 0 heterocycles. The van der Waals surface area contributed by atoms with Gasteiger partial charge in [-0.1, -0.05) is 12.8 Å². The normalized spacial score (nSPS) is 16.4. The number of nitrogens with one attached hydrogen (secondary N) is 1. The second-order valence-corrected chi connectivity index (χ2v) is 4.75. The minimum absolute atomic E-state index is 0.0392. The second kappa shape index (κ2) is 5.57. The third kappa shape index (κ3) is 2.75. The summed E-state index contributed by atoms with van der Waals surface area (Å²) in [4.78, 5) is 0. The fourth-order valence-corrected chi connectivity index (χ4v) is 2.22. The predicted molar refractivity (Wildman–Crippen MR) is 68.6 cm³/mol. The van der Waals surface area contributed by atoms with E-state index in [4.69, 9.17) is 9.47 Å². The van der Waals surface area contributed by atoms with E-state index in [2.05, 4.69) is 5.32 Å². The first kappa shape index (κ1) is 13.1. The molecule has 1 aromatic carbocycles. The zero-order chi connectivity index (χ0) is 13.1. The Bertz CT molecular complexity index is 419. The lowest BCUT2D eigenvalue weighted by atomic mass is 10.00. The number of benzene rings is 1. The Labute approximate surface area is 107 Å². The van der Waals surface area contributed by atoms with E-state index in [0.29, 0.717) is 17.1 Å². The molecule has 0 bridgehead atoms. The fraction of sp³-hybridized carbons (Fsp3) is 0.571. The quantitative estimate of drug-likeness (QED) is 0.845. The molecule has 1 aliphatic rings. The van der Waals surface area contributed by atoms with Crippen molar-refractivity contribution >= 4 is 0 Å². The van der Waals surface area contributed by atoms with Crippen molar-refractivity contribution in [3.8, 4) is 11.5 Å². The van der Waals surface area contributed by atoms with Crippen LogP contribution in [0.4, 0.5) is 4.39 Å². The van der Waals surface area contributed by atoms with Crippen molar-refractivity contribution in [2.45, 2.75) is 25.3 Å². The van der Waals surface area contributed by atoms with E-state index in [1.807, 2.05) is 7.05 Å². The summed E-state index contributed by atoms with van der Waals surface area (Å²) in [6, 6.07) is 3.17. The van der Waals surface area contributed by atoms with Gasteiger partial charge >= 0.3 is 0 Å². The van der Waals surface area contributed by atoms with Crippen LogP contribution in [0.3, 0.4) is 0 Å². The molecule has 0 aliphatic heterocycles. The summed E-state index contributed by atoms with van der Waals surface area (Å²) in [6.45, 7) is 0. The lowest BCUT2D eigenvalue weighted by Gasteiger charge is -2.19. The maximum absolute atomic E-state index is 14.1. The number of ether oxygens (including phenoxy) is 2. The first-order chi connectivity index (χ1) is 8.69. The van der Waals surface area contributed by atoms with Crippen LogP contribution < -0.4 is 14.8 Å². The molecule has 1 unspecified atom stereocenters. The number of rotatable bonds is 6. The first-order valence-corrected chi connectivity index (χ1v) is 6.28. The van der Waals surface area contributed by atoms with Gasteiger partial charge in [0.15, 0.2) is 11.5 Å². The highest BCUT2D eigenvalue weighted by Crippen LogP contribution is 2.40. The van der Waals surface area contributed by atoms with Gasteiger partial charge in [-0.05, 0) is 25.5 Å². The van der Waals surface area contributed by atoms with Gasteiger partial charge in [0.25, 0.3) is 0 Å². The van der Waals surface area contributed by atoms with Gasteiger partial charge in [0.05, 0.1) is 14.2 Å². The van der Waals surface area contributed by atoms with E-state index in [0.717, 1.165) is 12.3 Å². The van der Waals surface area contributed by atoms with Crippen molar-refractivity contribution in [1.82, 2.24) is 5.32 Å². The summed E-state index contributed by atoms with van der Waals surface area (Å²) >= 11 is 0. The Morgan fingerprint density at radius 3 is 2.39 bits per heavy atom. The van der Waals surface area contributed by atoms with Gasteiger partial charge in [0.2, 0.25) is 0 Å². The van der Waals surface area contributed by atoms with Crippen molar-refractivity contribution < 1.29 is 13.9 Å². The third-order valence-corrected chi connectivity index (χ3v) is 3.49. The molecule has 4 heteroatoms.